The van der Waals surface area contributed by atoms with Crippen LogP contribution in [0.5, 0.6) is 0 Å². The molecule has 0 bridgehead atoms. The van der Waals surface area contributed by atoms with Crippen molar-refractivity contribution in [1.82, 2.24) is 0 Å². The third-order valence-electron chi connectivity index (χ3n) is 9.16. The Hall–Kier alpha value is -0.300. The van der Waals surface area contributed by atoms with Crippen molar-refractivity contribution in [3.63, 3.8) is 0 Å². The van der Waals surface area contributed by atoms with Gasteiger partial charge < -0.3 is 5.11 Å². The molecular formula is C21H34O. The van der Waals surface area contributed by atoms with Gasteiger partial charge in [0.2, 0.25) is 0 Å². The van der Waals surface area contributed by atoms with Crippen LogP contribution in [0.1, 0.15) is 79.1 Å². The molecule has 4 aliphatic rings. The number of aliphatic hydroxyl groups excluding tert-OH is 1. The first-order valence-corrected chi connectivity index (χ1v) is 9.64. The van der Waals surface area contributed by atoms with E-state index in [2.05, 4.69) is 33.8 Å². The second kappa shape index (κ2) is 4.62. The number of aliphatic hydroxyl groups is 1. The van der Waals surface area contributed by atoms with Crippen molar-refractivity contribution in [3.8, 4) is 0 Å². The summed E-state index contributed by atoms with van der Waals surface area (Å²) in [6.07, 6.45) is 12.9. The predicted octanol–water partition coefficient (Wildman–Crippen LogP) is 5.34. The largest absolute Gasteiger partial charge is 0.393 e. The SMILES string of the molecule is CC1=CCC2(C)C3CCC4(C)C(O)CCC4C3CCC2(C)C1. The second-order valence-corrected chi connectivity index (χ2v) is 9.96. The van der Waals surface area contributed by atoms with Crippen molar-refractivity contribution in [2.24, 2.45) is 34.0 Å². The smallest absolute Gasteiger partial charge is 0.0596 e. The molecule has 0 amide bonds. The van der Waals surface area contributed by atoms with E-state index in [1.54, 1.807) is 5.57 Å². The molecule has 0 aromatic rings. The molecular weight excluding hydrogens is 268 g/mol. The first-order chi connectivity index (χ1) is 10.3. The van der Waals surface area contributed by atoms with E-state index >= 15 is 0 Å². The Bertz CT molecular complexity index is 508. The summed E-state index contributed by atoms with van der Waals surface area (Å²) in [7, 11) is 0. The molecule has 1 nitrogen and oxygen atoms in total. The van der Waals surface area contributed by atoms with E-state index in [0.717, 1.165) is 24.2 Å². The normalized spacial score (nSPS) is 57.6. The molecule has 0 aromatic carbocycles. The highest BCUT2D eigenvalue weighted by Crippen LogP contribution is 2.69. The molecule has 0 aliphatic heterocycles. The molecule has 0 spiro atoms. The Morgan fingerprint density at radius 3 is 2.55 bits per heavy atom. The number of hydrogen-bond acceptors (Lipinski definition) is 1. The lowest BCUT2D eigenvalue weighted by Crippen LogP contribution is -2.56. The fourth-order valence-electron chi connectivity index (χ4n) is 7.43. The van der Waals surface area contributed by atoms with Crippen molar-refractivity contribution < 1.29 is 5.11 Å². The van der Waals surface area contributed by atoms with Crippen LogP contribution >= 0.6 is 0 Å². The van der Waals surface area contributed by atoms with Crippen LogP contribution in [0.15, 0.2) is 11.6 Å². The van der Waals surface area contributed by atoms with Crippen LogP contribution in [0, 0.1) is 34.0 Å². The molecule has 3 fully saturated rings. The van der Waals surface area contributed by atoms with Gasteiger partial charge in [0.05, 0.1) is 6.10 Å². The van der Waals surface area contributed by atoms with Crippen LogP contribution in [-0.2, 0) is 0 Å². The minimum atomic E-state index is -0.0342. The first-order valence-electron chi connectivity index (χ1n) is 9.64. The lowest BCUT2D eigenvalue weighted by atomic mass is 9.41. The molecule has 4 aliphatic carbocycles. The minimum Gasteiger partial charge on any atom is -0.393 e. The zero-order chi connectivity index (χ0) is 15.8. The molecule has 0 aromatic heterocycles. The van der Waals surface area contributed by atoms with Gasteiger partial charge in [0.15, 0.2) is 0 Å². The molecule has 3 saturated carbocycles. The van der Waals surface area contributed by atoms with Crippen LogP contribution < -0.4 is 0 Å². The molecule has 1 heteroatoms. The van der Waals surface area contributed by atoms with Gasteiger partial charge in [0, 0.05) is 0 Å². The average Bonchev–Trinajstić information content (AvgIpc) is 2.76. The van der Waals surface area contributed by atoms with Gasteiger partial charge in [-0.15, -0.1) is 0 Å². The molecule has 22 heavy (non-hydrogen) atoms. The Morgan fingerprint density at radius 2 is 1.77 bits per heavy atom. The number of hydrogen-bond donors (Lipinski definition) is 1. The van der Waals surface area contributed by atoms with Crippen molar-refractivity contribution in [3.05, 3.63) is 11.6 Å². The highest BCUT2D eigenvalue weighted by atomic mass is 16.3. The fourth-order valence-corrected chi connectivity index (χ4v) is 7.43. The Kier molecular flexibility index (Phi) is 3.20. The summed E-state index contributed by atoms with van der Waals surface area (Å²) in [5.74, 6) is 2.55. The summed E-state index contributed by atoms with van der Waals surface area (Å²) in [5, 5.41) is 10.5. The van der Waals surface area contributed by atoms with Crippen LogP contribution in [0.3, 0.4) is 0 Å². The van der Waals surface area contributed by atoms with Gasteiger partial charge in [0.1, 0.15) is 0 Å². The molecule has 0 heterocycles. The fraction of sp³-hybridized carbons (Fsp3) is 0.905. The summed E-state index contributed by atoms with van der Waals surface area (Å²) < 4.78 is 0. The number of rotatable bonds is 0. The van der Waals surface area contributed by atoms with Gasteiger partial charge in [-0.2, -0.15) is 0 Å². The van der Waals surface area contributed by atoms with Crippen LogP contribution in [0.2, 0.25) is 0 Å². The maximum Gasteiger partial charge on any atom is 0.0596 e. The third kappa shape index (κ3) is 1.75. The van der Waals surface area contributed by atoms with Gasteiger partial charge >= 0.3 is 0 Å². The van der Waals surface area contributed by atoms with E-state index in [4.69, 9.17) is 0 Å². The van der Waals surface area contributed by atoms with Gasteiger partial charge in [-0.05, 0) is 92.3 Å². The standard InChI is InChI=1S/C21H34O/c1-14-7-12-21(4)17-9-11-20(3)16(5-6-18(20)22)15(17)8-10-19(21,2)13-14/h7,15-18,22H,5-6,8-13H2,1-4H3. The lowest BCUT2D eigenvalue weighted by Gasteiger charge is -2.64. The van der Waals surface area contributed by atoms with E-state index in [-0.39, 0.29) is 11.5 Å². The predicted molar refractivity (Wildman–Crippen MR) is 91.5 cm³/mol. The molecule has 124 valence electrons. The summed E-state index contributed by atoms with van der Waals surface area (Å²) in [4.78, 5) is 0. The van der Waals surface area contributed by atoms with Gasteiger partial charge in [-0.3, -0.25) is 0 Å². The van der Waals surface area contributed by atoms with E-state index in [1.807, 2.05) is 0 Å². The highest BCUT2D eigenvalue weighted by molar-refractivity contribution is 5.19. The van der Waals surface area contributed by atoms with Crippen LogP contribution in [0.4, 0.5) is 0 Å². The second-order valence-electron chi connectivity index (χ2n) is 9.96. The average molecular weight is 303 g/mol. The van der Waals surface area contributed by atoms with Crippen LogP contribution in [-0.4, -0.2) is 11.2 Å². The van der Waals surface area contributed by atoms with Crippen molar-refractivity contribution in [2.75, 3.05) is 0 Å². The van der Waals surface area contributed by atoms with Gasteiger partial charge in [-0.25, -0.2) is 0 Å². The molecule has 0 saturated heterocycles. The highest BCUT2D eigenvalue weighted by Gasteiger charge is 2.62. The third-order valence-corrected chi connectivity index (χ3v) is 9.16. The quantitative estimate of drug-likeness (QED) is 0.599. The van der Waals surface area contributed by atoms with Crippen molar-refractivity contribution in [2.45, 2.75) is 85.2 Å². The Labute approximate surface area is 136 Å². The Balaban J connectivity index is 1.70. The topological polar surface area (TPSA) is 20.2 Å². The minimum absolute atomic E-state index is 0.0342. The number of allylic oxidation sites excluding steroid dienone is 2. The van der Waals surface area contributed by atoms with Gasteiger partial charge in [-0.1, -0.05) is 32.4 Å². The monoisotopic (exact) mass is 302 g/mol. The zero-order valence-corrected chi connectivity index (χ0v) is 15.0. The van der Waals surface area contributed by atoms with E-state index < -0.39 is 0 Å². The molecule has 4 rings (SSSR count). The molecule has 1 N–H and O–H groups in total. The summed E-state index contributed by atoms with van der Waals surface area (Å²) in [6.45, 7) is 9.92. The first kappa shape index (κ1) is 15.2. The summed E-state index contributed by atoms with van der Waals surface area (Å²) >= 11 is 0. The maximum absolute atomic E-state index is 10.5. The summed E-state index contributed by atoms with van der Waals surface area (Å²) in [5.41, 5.74) is 2.85. The maximum atomic E-state index is 10.5. The Morgan fingerprint density at radius 1 is 1.00 bits per heavy atom. The van der Waals surface area contributed by atoms with Crippen molar-refractivity contribution in [1.29, 1.82) is 0 Å². The summed E-state index contributed by atoms with van der Waals surface area (Å²) in [6, 6.07) is 0. The van der Waals surface area contributed by atoms with Gasteiger partial charge in [0.25, 0.3) is 0 Å². The zero-order valence-electron chi connectivity index (χ0n) is 15.0. The van der Waals surface area contributed by atoms with E-state index in [0.29, 0.717) is 10.8 Å². The molecule has 0 radical (unpaired) electrons. The van der Waals surface area contributed by atoms with E-state index in [9.17, 15) is 5.11 Å². The molecule has 7 unspecified atom stereocenters. The lowest BCUT2D eigenvalue weighted by molar-refractivity contribution is -0.142. The van der Waals surface area contributed by atoms with E-state index in [1.165, 1.54) is 44.9 Å². The number of fused-ring (bicyclic) bond motifs is 5. The van der Waals surface area contributed by atoms with Crippen molar-refractivity contribution >= 4 is 0 Å². The molecule has 7 atom stereocenters. The van der Waals surface area contributed by atoms with Crippen LogP contribution in [0.25, 0.3) is 0 Å².